The van der Waals surface area contributed by atoms with Gasteiger partial charge in [0.1, 0.15) is 6.04 Å². The molecule has 0 radical (unpaired) electrons. The number of hydrogen-bond donors (Lipinski definition) is 2. The number of amides is 2. The SMILES string of the molecule is CCOC(=O)C1CCCN1C(=O)NCCCCC(=O)O. The Balaban J connectivity index is 2.30. The molecule has 1 fully saturated rings. The molecule has 1 aliphatic rings. The van der Waals surface area contributed by atoms with Crippen LogP contribution in [0.5, 0.6) is 0 Å². The molecule has 0 spiro atoms. The highest BCUT2D eigenvalue weighted by molar-refractivity contribution is 5.84. The summed E-state index contributed by atoms with van der Waals surface area (Å²) in [6.45, 7) is 3.00. The van der Waals surface area contributed by atoms with E-state index < -0.39 is 12.0 Å². The molecule has 114 valence electrons. The van der Waals surface area contributed by atoms with Gasteiger partial charge in [-0.15, -0.1) is 0 Å². The van der Waals surface area contributed by atoms with Crippen LogP contribution in [0.15, 0.2) is 0 Å². The topological polar surface area (TPSA) is 95.9 Å². The van der Waals surface area contributed by atoms with Crippen molar-refractivity contribution in [2.75, 3.05) is 19.7 Å². The summed E-state index contributed by atoms with van der Waals surface area (Å²) >= 11 is 0. The third-order valence-electron chi connectivity index (χ3n) is 3.17. The molecule has 1 aliphatic heterocycles. The Morgan fingerprint density at radius 1 is 1.35 bits per heavy atom. The molecule has 2 N–H and O–H groups in total. The van der Waals surface area contributed by atoms with Gasteiger partial charge in [-0.2, -0.15) is 0 Å². The maximum absolute atomic E-state index is 12.0. The molecule has 0 aromatic heterocycles. The van der Waals surface area contributed by atoms with Crippen LogP contribution in [0.1, 0.15) is 39.0 Å². The lowest BCUT2D eigenvalue weighted by Gasteiger charge is -2.23. The number of nitrogens with one attached hydrogen (secondary N) is 1. The van der Waals surface area contributed by atoms with E-state index >= 15 is 0 Å². The van der Waals surface area contributed by atoms with Crippen molar-refractivity contribution in [2.45, 2.75) is 45.1 Å². The number of esters is 1. The highest BCUT2D eigenvalue weighted by Gasteiger charge is 2.34. The van der Waals surface area contributed by atoms with Gasteiger partial charge in [-0.05, 0) is 32.6 Å². The average Bonchev–Trinajstić information content (AvgIpc) is 2.87. The van der Waals surface area contributed by atoms with E-state index in [1.54, 1.807) is 6.92 Å². The van der Waals surface area contributed by atoms with Gasteiger partial charge in [-0.25, -0.2) is 9.59 Å². The standard InChI is InChI=1S/C13H22N2O5/c1-2-20-12(18)10-6-5-9-15(10)13(19)14-8-4-3-7-11(16)17/h10H,2-9H2,1H3,(H,14,19)(H,16,17). The number of carboxylic acids is 1. The smallest absolute Gasteiger partial charge is 0.328 e. The van der Waals surface area contributed by atoms with E-state index in [0.29, 0.717) is 39.0 Å². The molecule has 7 nitrogen and oxygen atoms in total. The molecule has 1 atom stereocenters. The fraction of sp³-hybridized carbons (Fsp3) is 0.769. The number of aliphatic carboxylic acids is 1. The minimum Gasteiger partial charge on any atom is -0.481 e. The second-order valence-corrected chi connectivity index (χ2v) is 4.69. The van der Waals surface area contributed by atoms with E-state index in [4.69, 9.17) is 9.84 Å². The highest BCUT2D eigenvalue weighted by atomic mass is 16.5. The number of hydrogen-bond acceptors (Lipinski definition) is 4. The van der Waals surface area contributed by atoms with Gasteiger partial charge >= 0.3 is 18.0 Å². The molecule has 1 rings (SSSR count). The van der Waals surface area contributed by atoms with E-state index in [9.17, 15) is 14.4 Å². The van der Waals surface area contributed by atoms with Crippen molar-refractivity contribution in [3.63, 3.8) is 0 Å². The van der Waals surface area contributed by atoms with Crippen LogP contribution < -0.4 is 5.32 Å². The third-order valence-corrected chi connectivity index (χ3v) is 3.17. The van der Waals surface area contributed by atoms with Crippen LogP contribution in [-0.2, 0) is 14.3 Å². The van der Waals surface area contributed by atoms with E-state index in [1.807, 2.05) is 0 Å². The summed E-state index contributed by atoms with van der Waals surface area (Å²) < 4.78 is 4.95. The number of nitrogens with zero attached hydrogens (tertiary/aromatic N) is 1. The quantitative estimate of drug-likeness (QED) is 0.537. The van der Waals surface area contributed by atoms with Gasteiger partial charge in [0.25, 0.3) is 0 Å². The monoisotopic (exact) mass is 286 g/mol. The Bertz CT molecular complexity index is 359. The van der Waals surface area contributed by atoms with Gasteiger partial charge in [-0.3, -0.25) is 4.79 Å². The first-order valence-corrected chi connectivity index (χ1v) is 6.99. The normalized spacial score (nSPS) is 17.9. The van der Waals surface area contributed by atoms with E-state index in [2.05, 4.69) is 5.32 Å². The van der Waals surface area contributed by atoms with Gasteiger partial charge in [-0.1, -0.05) is 0 Å². The third kappa shape index (κ3) is 5.07. The van der Waals surface area contributed by atoms with Crippen molar-refractivity contribution in [3.8, 4) is 0 Å². The molecular formula is C13H22N2O5. The molecule has 0 saturated carbocycles. The number of unbranched alkanes of at least 4 members (excludes halogenated alkanes) is 1. The van der Waals surface area contributed by atoms with Crippen LogP contribution in [0.2, 0.25) is 0 Å². The summed E-state index contributed by atoms with van der Waals surface area (Å²) in [7, 11) is 0. The fourth-order valence-corrected chi connectivity index (χ4v) is 2.19. The van der Waals surface area contributed by atoms with Crippen LogP contribution >= 0.6 is 0 Å². The minimum absolute atomic E-state index is 0.102. The Morgan fingerprint density at radius 3 is 2.75 bits per heavy atom. The van der Waals surface area contributed by atoms with Crippen LogP contribution in [0.4, 0.5) is 4.79 Å². The highest BCUT2D eigenvalue weighted by Crippen LogP contribution is 2.18. The van der Waals surface area contributed by atoms with Gasteiger partial charge in [0.15, 0.2) is 0 Å². The van der Waals surface area contributed by atoms with Gasteiger partial charge in [0, 0.05) is 19.5 Å². The molecule has 0 aromatic rings. The number of urea groups is 1. The molecule has 0 aromatic carbocycles. The van der Waals surface area contributed by atoms with Gasteiger partial charge < -0.3 is 20.1 Å². The number of carbonyl (C=O) groups is 3. The molecular weight excluding hydrogens is 264 g/mol. The summed E-state index contributed by atoms with van der Waals surface area (Å²) in [6.07, 6.45) is 2.65. The Hall–Kier alpha value is -1.79. The molecule has 1 saturated heterocycles. The van der Waals surface area contributed by atoms with Gasteiger partial charge in [0.2, 0.25) is 0 Å². The molecule has 2 amide bonds. The zero-order chi connectivity index (χ0) is 15.0. The van der Waals surface area contributed by atoms with E-state index in [0.717, 1.165) is 6.42 Å². The first kappa shape index (κ1) is 16.3. The summed E-state index contributed by atoms with van der Waals surface area (Å²) in [5.41, 5.74) is 0. The van der Waals surface area contributed by atoms with E-state index in [-0.39, 0.29) is 18.4 Å². The van der Waals surface area contributed by atoms with E-state index in [1.165, 1.54) is 4.90 Å². The maximum Gasteiger partial charge on any atom is 0.328 e. The largest absolute Gasteiger partial charge is 0.481 e. The lowest BCUT2D eigenvalue weighted by Crippen LogP contribution is -2.46. The maximum atomic E-state index is 12.0. The zero-order valence-electron chi connectivity index (χ0n) is 11.8. The lowest BCUT2D eigenvalue weighted by molar-refractivity contribution is -0.147. The second-order valence-electron chi connectivity index (χ2n) is 4.69. The number of ether oxygens (including phenoxy) is 1. The molecule has 7 heteroatoms. The Labute approximate surface area is 118 Å². The van der Waals surface area contributed by atoms with Crippen molar-refractivity contribution in [1.29, 1.82) is 0 Å². The number of carboxylic acid groups (broad SMARTS) is 1. The van der Waals surface area contributed by atoms with Crippen LogP contribution in [-0.4, -0.2) is 53.7 Å². The summed E-state index contributed by atoms with van der Waals surface area (Å²) in [5.74, 6) is -1.19. The molecule has 0 aliphatic carbocycles. The fourth-order valence-electron chi connectivity index (χ4n) is 2.19. The van der Waals surface area contributed by atoms with Crippen LogP contribution in [0, 0.1) is 0 Å². The van der Waals surface area contributed by atoms with Crippen molar-refractivity contribution >= 4 is 18.0 Å². The molecule has 1 heterocycles. The van der Waals surface area contributed by atoms with Gasteiger partial charge in [0.05, 0.1) is 6.61 Å². The molecule has 0 bridgehead atoms. The number of likely N-dealkylation sites (tertiary alicyclic amines) is 1. The Morgan fingerprint density at radius 2 is 2.10 bits per heavy atom. The summed E-state index contributed by atoms with van der Waals surface area (Å²) in [4.78, 5) is 35.5. The Kier molecular flexibility index (Phi) is 6.83. The zero-order valence-corrected chi connectivity index (χ0v) is 11.8. The average molecular weight is 286 g/mol. The summed E-state index contributed by atoms with van der Waals surface area (Å²) in [5, 5.41) is 11.2. The first-order valence-electron chi connectivity index (χ1n) is 6.99. The minimum atomic E-state index is -0.835. The second kappa shape index (κ2) is 8.39. The van der Waals surface area contributed by atoms with Crippen LogP contribution in [0.25, 0.3) is 0 Å². The molecule has 1 unspecified atom stereocenters. The van der Waals surface area contributed by atoms with Crippen molar-refractivity contribution < 1.29 is 24.2 Å². The number of rotatable bonds is 7. The van der Waals surface area contributed by atoms with Crippen molar-refractivity contribution in [1.82, 2.24) is 10.2 Å². The van der Waals surface area contributed by atoms with Crippen LogP contribution in [0.3, 0.4) is 0 Å². The summed E-state index contributed by atoms with van der Waals surface area (Å²) in [6, 6.07) is -0.773. The first-order chi connectivity index (χ1) is 9.56. The number of carbonyl (C=O) groups excluding carboxylic acids is 2. The lowest BCUT2D eigenvalue weighted by atomic mass is 10.2. The predicted octanol–water partition coefficient (Wildman–Crippen LogP) is 0.978. The molecule has 20 heavy (non-hydrogen) atoms. The van der Waals surface area contributed by atoms with Crippen molar-refractivity contribution in [2.24, 2.45) is 0 Å². The predicted molar refractivity (Wildman–Crippen MR) is 71.2 cm³/mol. The van der Waals surface area contributed by atoms with Crippen molar-refractivity contribution in [3.05, 3.63) is 0 Å².